The SMILES string of the molecule is Cc1ccc2c(N)c(C(=O)N[C@H]3CCc4nc(N5C[C@@H](N)[C@]6(CCCO6)C5)ccc4C3)sc2n1. The van der Waals surface area contributed by atoms with E-state index in [0.717, 1.165) is 79.2 Å². The number of nitrogens with two attached hydrogens (primary N) is 2. The minimum atomic E-state index is -0.213. The van der Waals surface area contributed by atoms with Crippen molar-refractivity contribution in [3.63, 3.8) is 0 Å². The number of carbonyl (C=O) groups excluding carboxylic acids is 1. The summed E-state index contributed by atoms with van der Waals surface area (Å²) in [4.78, 5) is 26.1. The molecule has 6 rings (SSSR count). The zero-order valence-corrected chi connectivity index (χ0v) is 20.2. The number of nitrogen functional groups attached to an aromatic ring is 1. The summed E-state index contributed by atoms with van der Waals surface area (Å²) in [6.07, 6.45) is 4.55. The summed E-state index contributed by atoms with van der Waals surface area (Å²) in [6, 6.07) is 8.18. The Hall–Kier alpha value is -2.75. The number of hydrogen-bond acceptors (Lipinski definition) is 8. The number of rotatable bonds is 3. The first kappa shape index (κ1) is 21.8. The molecule has 3 aromatic rings. The highest BCUT2D eigenvalue weighted by atomic mass is 32.1. The third-order valence-corrected chi connectivity index (χ3v) is 8.65. The van der Waals surface area contributed by atoms with E-state index in [1.54, 1.807) is 0 Å². The third-order valence-electron chi connectivity index (χ3n) is 7.53. The van der Waals surface area contributed by atoms with Crippen LogP contribution in [0.4, 0.5) is 11.5 Å². The van der Waals surface area contributed by atoms with Crippen LogP contribution >= 0.6 is 11.3 Å². The number of carbonyl (C=O) groups is 1. The second-order valence-corrected chi connectivity index (χ2v) is 10.8. The number of thiophene rings is 1. The second-order valence-electron chi connectivity index (χ2n) is 9.84. The van der Waals surface area contributed by atoms with E-state index >= 15 is 0 Å². The van der Waals surface area contributed by atoms with Gasteiger partial charge in [-0.25, -0.2) is 9.97 Å². The third kappa shape index (κ3) is 3.62. The lowest BCUT2D eigenvalue weighted by molar-refractivity contribution is 0.0108. The van der Waals surface area contributed by atoms with Gasteiger partial charge in [0, 0.05) is 36.0 Å². The Balaban J connectivity index is 1.15. The summed E-state index contributed by atoms with van der Waals surface area (Å²) in [5.74, 6) is 0.856. The maximum absolute atomic E-state index is 13.0. The van der Waals surface area contributed by atoms with Crippen molar-refractivity contribution in [3.8, 4) is 0 Å². The highest BCUT2D eigenvalue weighted by Crippen LogP contribution is 2.37. The van der Waals surface area contributed by atoms with E-state index in [1.165, 1.54) is 16.9 Å². The lowest BCUT2D eigenvalue weighted by Crippen LogP contribution is -2.46. The van der Waals surface area contributed by atoms with Gasteiger partial charge >= 0.3 is 0 Å². The van der Waals surface area contributed by atoms with Gasteiger partial charge in [0.25, 0.3) is 5.91 Å². The van der Waals surface area contributed by atoms with Gasteiger partial charge in [0.15, 0.2) is 0 Å². The summed E-state index contributed by atoms with van der Waals surface area (Å²) in [7, 11) is 0. The standard InChI is InChI=1S/C25H30N6O2S/c1-14-3-6-17-21(27)22(34-24(17)28-14)23(32)29-16-5-7-18-15(11-16)4-8-20(30-18)31-12-19(26)25(13-31)9-2-10-33-25/h3-4,6,8,16,19H,2,5,7,9-13,26-27H2,1H3,(H,29,32)/t16-,19+,25-/m0/s1. The van der Waals surface area contributed by atoms with Gasteiger partial charge in [-0.3, -0.25) is 4.79 Å². The number of amides is 1. The summed E-state index contributed by atoms with van der Waals surface area (Å²) >= 11 is 1.36. The van der Waals surface area contributed by atoms with Crippen LogP contribution in [0.15, 0.2) is 24.3 Å². The molecule has 1 aliphatic carbocycles. The average Bonchev–Trinajstić information content (AvgIpc) is 3.52. The molecule has 2 aliphatic heterocycles. The van der Waals surface area contributed by atoms with Crippen molar-refractivity contribution in [1.82, 2.24) is 15.3 Å². The summed E-state index contributed by atoms with van der Waals surface area (Å²) in [6.45, 7) is 4.32. The number of aryl methyl sites for hydroxylation is 2. The molecule has 2 saturated heterocycles. The first-order valence-corrected chi connectivity index (χ1v) is 12.8. The number of aromatic nitrogens is 2. The topological polar surface area (TPSA) is 119 Å². The minimum absolute atomic E-state index is 0.0212. The van der Waals surface area contributed by atoms with Crippen LogP contribution < -0.4 is 21.7 Å². The summed E-state index contributed by atoms with van der Waals surface area (Å²) in [5, 5.41) is 4.04. The van der Waals surface area contributed by atoms with Crippen LogP contribution in [0.5, 0.6) is 0 Å². The van der Waals surface area contributed by atoms with E-state index in [4.69, 9.17) is 21.2 Å². The fraction of sp³-hybridized carbons (Fsp3) is 0.480. The van der Waals surface area contributed by atoms with Gasteiger partial charge in [0.1, 0.15) is 21.1 Å². The molecule has 3 atom stereocenters. The molecule has 3 aliphatic rings. The Morgan fingerprint density at radius 1 is 1.29 bits per heavy atom. The second kappa shape index (κ2) is 8.18. The molecule has 1 amide bonds. The van der Waals surface area contributed by atoms with Crippen molar-refractivity contribution in [3.05, 3.63) is 46.1 Å². The van der Waals surface area contributed by atoms with Gasteiger partial charge in [-0.2, -0.15) is 0 Å². The number of fused-ring (bicyclic) bond motifs is 2. The maximum atomic E-state index is 13.0. The van der Waals surface area contributed by atoms with E-state index < -0.39 is 0 Å². The molecular formula is C25H30N6O2S. The lowest BCUT2D eigenvalue weighted by atomic mass is 9.91. The van der Waals surface area contributed by atoms with Crippen molar-refractivity contribution in [1.29, 1.82) is 0 Å². The first-order chi connectivity index (χ1) is 16.4. The smallest absolute Gasteiger partial charge is 0.263 e. The van der Waals surface area contributed by atoms with Gasteiger partial charge in [-0.05, 0) is 62.8 Å². The molecular weight excluding hydrogens is 448 g/mol. The largest absolute Gasteiger partial charge is 0.397 e. The van der Waals surface area contributed by atoms with Gasteiger partial charge < -0.3 is 26.4 Å². The van der Waals surface area contributed by atoms with Gasteiger partial charge in [0.05, 0.1) is 18.3 Å². The van der Waals surface area contributed by atoms with Crippen LogP contribution in [-0.2, 0) is 17.6 Å². The van der Waals surface area contributed by atoms with Crippen molar-refractivity contribution >= 4 is 39.0 Å². The molecule has 0 radical (unpaired) electrons. The lowest BCUT2D eigenvalue weighted by Gasteiger charge is -2.28. The van der Waals surface area contributed by atoms with E-state index in [0.29, 0.717) is 10.6 Å². The van der Waals surface area contributed by atoms with E-state index in [9.17, 15) is 4.79 Å². The average molecular weight is 479 g/mol. The number of anilines is 2. The molecule has 0 aromatic carbocycles. The summed E-state index contributed by atoms with van der Waals surface area (Å²) in [5.41, 5.74) is 16.3. The molecule has 2 fully saturated rings. The number of hydrogen-bond donors (Lipinski definition) is 3. The van der Waals surface area contributed by atoms with Crippen LogP contribution in [0.2, 0.25) is 0 Å². The Bertz CT molecular complexity index is 1270. The van der Waals surface area contributed by atoms with Gasteiger partial charge in [-0.15, -0.1) is 11.3 Å². The zero-order chi connectivity index (χ0) is 23.4. The molecule has 3 aromatic heterocycles. The van der Waals surface area contributed by atoms with E-state index in [1.807, 2.05) is 19.1 Å². The Morgan fingerprint density at radius 2 is 2.18 bits per heavy atom. The van der Waals surface area contributed by atoms with Gasteiger partial charge in [0.2, 0.25) is 0 Å². The molecule has 0 unspecified atom stereocenters. The number of nitrogens with one attached hydrogen (secondary N) is 1. The normalized spacial score (nSPS) is 26.4. The highest BCUT2D eigenvalue weighted by Gasteiger charge is 2.48. The Kier molecular flexibility index (Phi) is 5.24. The van der Waals surface area contributed by atoms with Crippen molar-refractivity contribution < 1.29 is 9.53 Å². The molecule has 0 saturated carbocycles. The maximum Gasteiger partial charge on any atom is 0.263 e. The van der Waals surface area contributed by atoms with Crippen molar-refractivity contribution in [2.75, 3.05) is 30.3 Å². The number of nitrogens with zero attached hydrogens (tertiary/aromatic N) is 3. The monoisotopic (exact) mass is 478 g/mol. The van der Waals surface area contributed by atoms with E-state index in [-0.39, 0.29) is 23.6 Å². The fourth-order valence-corrected chi connectivity index (χ4v) is 6.67. The minimum Gasteiger partial charge on any atom is -0.397 e. The van der Waals surface area contributed by atoms with Crippen LogP contribution in [0.3, 0.4) is 0 Å². The predicted molar refractivity (Wildman–Crippen MR) is 134 cm³/mol. The highest BCUT2D eigenvalue weighted by molar-refractivity contribution is 7.21. The zero-order valence-electron chi connectivity index (χ0n) is 19.3. The molecule has 34 heavy (non-hydrogen) atoms. The molecule has 8 nitrogen and oxygen atoms in total. The molecule has 9 heteroatoms. The van der Waals surface area contributed by atoms with Crippen LogP contribution in [0.1, 0.15) is 45.9 Å². The van der Waals surface area contributed by atoms with Crippen molar-refractivity contribution in [2.45, 2.75) is 56.7 Å². The molecule has 1 spiro atoms. The van der Waals surface area contributed by atoms with Crippen LogP contribution in [0.25, 0.3) is 10.2 Å². The van der Waals surface area contributed by atoms with Crippen LogP contribution in [0, 0.1) is 6.92 Å². The fourth-order valence-electron chi connectivity index (χ4n) is 5.63. The number of pyridine rings is 2. The molecule has 178 valence electrons. The quantitative estimate of drug-likeness (QED) is 0.529. The van der Waals surface area contributed by atoms with Gasteiger partial charge in [-0.1, -0.05) is 6.07 Å². The predicted octanol–water partition coefficient (Wildman–Crippen LogP) is 2.57. The summed E-state index contributed by atoms with van der Waals surface area (Å²) < 4.78 is 6.05. The number of ether oxygens (including phenoxy) is 1. The molecule has 0 bridgehead atoms. The van der Waals surface area contributed by atoms with E-state index in [2.05, 4.69) is 27.3 Å². The van der Waals surface area contributed by atoms with Crippen molar-refractivity contribution in [2.24, 2.45) is 5.73 Å². The molecule has 5 N–H and O–H groups in total. The van der Waals surface area contributed by atoms with Crippen LogP contribution in [-0.4, -0.2) is 53.3 Å². The first-order valence-electron chi connectivity index (χ1n) is 12.0. The Morgan fingerprint density at radius 3 is 3.00 bits per heavy atom. The molecule has 5 heterocycles. The Labute approximate surface area is 202 Å².